The van der Waals surface area contributed by atoms with Crippen molar-refractivity contribution < 1.29 is 22.7 Å². The van der Waals surface area contributed by atoms with Gasteiger partial charge in [0.15, 0.2) is 21.3 Å². The van der Waals surface area contributed by atoms with Crippen LogP contribution < -0.4 is 14.8 Å². The number of amides is 1. The summed E-state index contributed by atoms with van der Waals surface area (Å²) in [6.45, 7) is 0. The molecule has 4 rings (SSSR count). The molecule has 1 unspecified atom stereocenters. The molecule has 0 bridgehead atoms. The molecule has 1 N–H and O–H groups in total. The van der Waals surface area contributed by atoms with Crippen molar-refractivity contribution in [3.8, 4) is 22.8 Å². The van der Waals surface area contributed by atoms with Crippen LogP contribution in [0.15, 0.2) is 54.6 Å². The number of carbonyl (C=O) groups is 1. The van der Waals surface area contributed by atoms with Crippen molar-refractivity contribution >= 4 is 21.6 Å². The lowest BCUT2D eigenvalue weighted by Gasteiger charge is -2.14. The SMILES string of the molecule is COc1ccc(C(=O)Nc2cc(-c3ccccc3)nn2C2CCS(=O)(=O)C2)cc1OC. The number of rotatable bonds is 6. The monoisotopic (exact) mass is 441 g/mol. The minimum Gasteiger partial charge on any atom is -0.493 e. The van der Waals surface area contributed by atoms with E-state index in [-0.39, 0.29) is 23.5 Å². The highest BCUT2D eigenvalue weighted by Gasteiger charge is 2.32. The molecular weight excluding hydrogens is 418 g/mol. The fourth-order valence-corrected chi connectivity index (χ4v) is 5.34. The number of aromatic nitrogens is 2. The Balaban J connectivity index is 1.68. The van der Waals surface area contributed by atoms with Crippen molar-refractivity contribution in [2.24, 2.45) is 0 Å². The van der Waals surface area contributed by atoms with E-state index in [2.05, 4.69) is 10.4 Å². The Labute approximate surface area is 180 Å². The molecule has 162 valence electrons. The fraction of sp³-hybridized carbons (Fsp3) is 0.273. The minimum absolute atomic E-state index is 0.00212. The van der Waals surface area contributed by atoms with E-state index in [1.807, 2.05) is 30.3 Å². The molecule has 2 aromatic carbocycles. The summed E-state index contributed by atoms with van der Waals surface area (Å²) < 4.78 is 36.2. The molecule has 3 aromatic rings. The molecule has 1 atom stereocenters. The second kappa shape index (κ2) is 8.43. The molecule has 1 amide bonds. The summed E-state index contributed by atoms with van der Waals surface area (Å²) in [4.78, 5) is 13.0. The third kappa shape index (κ3) is 4.41. The van der Waals surface area contributed by atoms with Gasteiger partial charge in [-0.25, -0.2) is 13.1 Å². The van der Waals surface area contributed by atoms with Crippen molar-refractivity contribution in [3.63, 3.8) is 0 Å². The van der Waals surface area contributed by atoms with Crippen LogP contribution in [0.2, 0.25) is 0 Å². The Bertz CT molecular complexity index is 1210. The molecule has 0 saturated carbocycles. The number of hydrogen-bond acceptors (Lipinski definition) is 6. The van der Waals surface area contributed by atoms with Gasteiger partial charge in [-0.1, -0.05) is 30.3 Å². The van der Waals surface area contributed by atoms with E-state index in [9.17, 15) is 13.2 Å². The molecule has 0 spiro atoms. The summed E-state index contributed by atoms with van der Waals surface area (Å²) in [7, 11) is -0.0911. The van der Waals surface area contributed by atoms with Gasteiger partial charge in [-0.15, -0.1) is 0 Å². The van der Waals surface area contributed by atoms with Crippen molar-refractivity contribution in [2.75, 3.05) is 31.0 Å². The zero-order valence-electron chi connectivity index (χ0n) is 17.2. The average Bonchev–Trinajstić information content (AvgIpc) is 3.36. The molecule has 1 aliphatic heterocycles. The molecule has 0 radical (unpaired) electrons. The van der Waals surface area contributed by atoms with Gasteiger partial charge >= 0.3 is 0 Å². The summed E-state index contributed by atoms with van der Waals surface area (Å²) >= 11 is 0. The third-order valence-corrected chi connectivity index (χ3v) is 7.00. The summed E-state index contributed by atoms with van der Waals surface area (Å²) in [5.74, 6) is 1.16. The zero-order valence-corrected chi connectivity index (χ0v) is 18.1. The van der Waals surface area contributed by atoms with E-state index >= 15 is 0 Å². The van der Waals surface area contributed by atoms with Gasteiger partial charge in [-0.3, -0.25) is 4.79 Å². The lowest BCUT2D eigenvalue weighted by molar-refractivity contribution is 0.102. The second-order valence-corrected chi connectivity index (χ2v) is 9.53. The van der Waals surface area contributed by atoms with Crippen LogP contribution in [0.1, 0.15) is 22.8 Å². The summed E-state index contributed by atoms with van der Waals surface area (Å²) in [5, 5.41) is 7.51. The molecule has 8 nitrogen and oxygen atoms in total. The average molecular weight is 442 g/mol. The van der Waals surface area contributed by atoms with Gasteiger partial charge in [0.25, 0.3) is 5.91 Å². The maximum Gasteiger partial charge on any atom is 0.256 e. The normalized spacial score (nSPS) is 17.3. The van der Waals surface area contributed by atoms with Crippen LogP contribution in [-0.2, 0) is 9.84 Å². The zero-order chi connectivity index (χ0) is 22.0. The van der Waals surface area contributed by atoms with Gasteiger partial charge < -0.3 is 14.8 Å². The number of anilines is 1. The fourth-order valence-electron chi connectivity index (χ4n) is 3.65. The van der Waals surface area contributed by atoms with Crippen molar-refractivity contribution in [2.45, 2.75) is 12.5 Å². The van der Waals surface area contributed by atoms with E-state index in [1.54, 1.807) is 28.9 Å². The Kier molecular flexibility index (Phi) is 5.69. The van der Waals surface area contributed by atoms with Gasteiger partial charge in [0.05, 0.1) is 37.5 Å². The van der Waals surface area contributed by atoms with Crippen LogP contribution >= 0.6 is 0 Å². The van der Waals surface area contributed by atoms with Crippen LogP contribution in [0.4, 0.5) is 5.82 Å². The van der Waals surface area contributed by atoms with E-state index in [4.69, 9.17) is 9.47 Å². The molecule has 1 aromatic heterocycles. The first-order valence-corrected chi connectivity index (χ1v) is 11.6. The number of nitrogens with zero attached hydrogens (tertiary/aromatic N) is 2. The predicted octanol–water partition coefficient (Wildman–Crippen LogP) is 3.18. The van der Waals surface area contributed by atoms with Gasteiger partial charge in [-0.2, -0.15) is 5.10 Å². The molecule has 1 saturated heterocycles. The smallest absolute Gasteiger partial charge is 0.256 e. The highest BCUT2D eigenvalue weighted by atomic mass is 32.2. The Morgan fingerprint density at radius 1 is 1.06 bits per heavy atom. The molecule has 1 fully saturated rings. The standard InChI is InChI=1S/C22H23N3O5S/c1-29-19-9-8-16(12-20(19)30-2)22(26)23-21-13-18(15-6-4-3-5-7-15)24-25(21)17-10-11-31(27,28)14-17/h3-9,12-13,17H,10-11,14H2,1-2H3,(H,23,26). The summed E-state index contributed by atoms with van der Waals surface area (Å²) in [6, 6.07) is 15.8. The predicted molar refractivity (Wildman–Crippen MR) is 117 cm³/mol. The lowest BCUT2D eigenvalue weighted by atomic mass is 10.1. The Hall–Kier alpha value is -3.33. The minimum atomic E-state index is -3.12. The third-order valence-electron chi connectivity index (χ3n) is 5.25. The highest BCUT2D eigenvalue weighted by Crippen LogP contribution is 2.31. The van der Waals surface area contributed by atoms with E-state index in [0.717, 1.165) is 5.56 Å². The number of nitrogens with one attached hydrogen (secondary N) is 1. The summed E-state index contributed by atoms with van der Waals surface area (Å²) in [6.07, 6.45) is 0.456. The molecule has 1 aliphatic rings. The first-order valence-electron chi connectivity index (χ1n) is 9.79. The van der Waals surface area contributed by atoms with Crippen LogP contribution in [0.25, 0.3) is 11.3 Å². The van der Waals surface area contributed by atoms with Gasteiger partial charge in [0, 0.05) is 17.2 Å². The number of benzene rings is 2. The van der Waals surface area contributed by atoms with Crippen LogP contribution in [-0.4, -0.2) is 49.8 Å². The second-order valence-electron chi connectivity index (χ2n) is 7.31. The number of methoxy groups -OCH3 is 2. The first-order chi connectivity index (χ1) is 14.9. The maximum atomic E-state index is 13.0. The van der Waals surface area contributed by atoms with E-state index in [1.165, 1.54) is 14.2 Å². The quantitative estimate of drug-likeness (QED) is 0.631. The number of hydrogen-bond donors (Lipinski definition) is 1. The Morgan fingerprint density at radius 3 is 2.45 bits per heavy atom. The highest BCUT2D eigenvalue weighted by molar-refractivity contribution is 7.91. The van der Waals surface area contributed by atoms with Gasteiger partial charge in [0.1, 0.15) is 5.82 Å². The number of sulfone groups is 1. The molecule has 9 heteroatoms. The van der Waals surface area contributed by atoms with Crippen LogP contribution in [0, 0.1) is 0 Å². The van der Waals surface area contributed by atoms with Gasteiger partial charge in [-0.05, 0) is 24.6 Å². The van der Waals surface area contributed by atoms with Gasteiger partial charge in [0.2, 0.25) is 0 Å². The first kappa shape index (κ1) is 20.9. The van der Waals surface area contributed by atoms with Crippen LogP contribution in [0.3, 0.4) is 0 Å². The topological polar surface area (TPSA) is 99.5 Å². The van der Waals surface area contributed by atoms with E-state index in [0.29, 0.717) is 35.0 Å². The van der Waals surface area contributed by atoms with Crippen LogP contribution in [0.5, 0.6) is 11.5 Å². The molecule has 2 heterocycles. The summed E-state index contributed by atoms with van der Waals surface area (Å²) in [5.41, 5.74) is 1.92. The lowest BCUT2D eigenvalue weighted by Crippen LogP contribution is -2.19. The van der Waals surface area contributed by atoms with Crippen molar-refractivity contribution in [1.82, 2.24) is 9.78 Å². The Morgan fingerprint density at radius 2 is 1.81 bits per heavy atom. The molecule has 0 aliphatic carbocycles. The number of carbonyl (C=O) groups excluding carboxylic acids is 1. The largest absolute Gasteiger partial charge is 0.493 e. The van der Waals surface area contributed by atoms with Crippen molar-refractivity contribution in [1.29, 1.82) is 0 Å². The van der Waals surface area contributed by atoms with E-state index < -0.39 is 9.84 Å². The molecular formula is C22H23N3O5S. The van der Waals surface area contributed by atoms with Crippen molar-refractivity contribution in [3.05, 3.63) is 60.2 Å². The molecule has 31 heavy (non-hydrogen) atoms. The number of ether oxygens (including phenoxy) is 2. The maximum absolute atomic E-state index is 13.0.